The Bertz CT molecular complexity index is 1360. The number of rotatable bonds is 6. The molecule has 34 heavy (non-hydrogen) atoms. The van der Waals surface area contributed by atoms with Crippen molar-refractivity contribution >= 4 is 40.0 Å². The van der Waals surface area contributed by atoms with Crippen LogP contribution in [0.4, 0.5) is 24.8 Å². The third-order valence-corrected chi connectivity index (χ3v) is 5.00. The summed E-state index contributed by atoms with van der Waals surface area (Å²) in [7, 11) is 0. The molecular formula is C20H17ClF3N9O. The molecule has 0 fully saturated rings. The Hall–Kier alpha value is -3.87. The molecule has 1 amide bonds. The molecule has 0 aliphatic rings. The Labute approximate surface area is 195 Å². The van der Waals surface area contributed by atoms with Crippen molar-refractivity contribution in [1.29, 1.82) is 0 Å². The maximum absolute atomic E-state index is 13.5. The van der Waals surface area contributed by atoms with Crippen LogP contribution < -0.4 is 10.6 Å². The normalized spacial score (nSPS) is 12.5. The first-order chi connectivity index (χ1) is 16.2. The number of aromatic nitrogens is 7. The second kappa shape index (κ2) is 9.17. The number of benzene rings is 1. The molecule has 2 N–H and O–H groups in total. The fraction of sp³-hybridized carbons (Fsp3) is 0.250. The molecule has 0 aliphatic carbocycles. The van der Waals surface area contributed by atoms with Crippen molar-refractivity contribution in [3.05, 3.63) is 53.6 Å². The number of nitrogens with one attached hydrogen (secondary N) is 2. The quantitative estimate of drug-likeness (QED) is 0.411. The lowest BCUT2D eigenvalue weighted by Crippen LogP contribution is -2.17. The van der Waals surface area contributed by atoms with Gasteiger partial charge in [-0.05, 0) is 19.1 Å². The van der Waals surface area contributed by atoms with Crippen LogP contribution in [0.2, 0.25) is 5.02 Å². The minimum atomic E-state index is -4.64. The van der Waals surface area contributed by atoms with Gasteiger partial charge in [-0.25, -0.2) is 24.9 Å². The van der Waals surface area contributed by atoms with Gasteiger partial charge in [-0.1, -0.05) is 18.5 Å². The predicted molar refractivity (Wildman–Crippen MR) is 117 cm³/mol. The van der Waals surface area contributed by atoms with Crippen molar-refractivity contribution < 1.29 is 18.0 Å². The fourth-order valence-corrected chi connectivity index (χ4v) is 3.44. The average Bonchev–Trinajstić information content (AvgIpc) is 3.29. The van der Waals surface area contributed by atoms with Gasteiger partial charge >= 0.3 is 6.18 Å². The van der Waals surface area contributed by atoms with E-state index in [-0.39, 0.29) is 39.9 Å². The molecule has 4 rings (SSSR count). The summed E-state index contributed by atoms with van der Waals surface area (Å²) in [6.07, 6.45) is -0.752. The van der Waals surface area contributed by atoms with Crippen LogP contribution in [0.15, 0.2) is 37.2 Å². The van der Waals surface area contributed by atoms with Gasteiger partial charge in [-0.3, -0.25) is 4.79 Å². The first-order valence-corrected chi connectivity index (χ1v) is 10.3. The van der Waals surface area contributed by atoms with Gasteiger partial charge < -0.3 is 10.6 Å². The number of halogens is 4. The summed E-state index contributed by atoms with van der Waals surface area (Å²) in [4.78, 5) is 32.0. The van der Waals surface area contributed by atoms with E-state index in [1.807, 2.05) is 0 Å². The Kier molecular flexibility index (Phi) is 6.28. The number of anilines is 2. The molecule has 4 aromatic rings. The third-order valence-electron chi connectivity index (χ3n) is 4.78. The lowest BCUT2D eigenvalue weighted by Gasteiger charge is -2.17. The summed E-state index contributed by atoms with van der Waals surface area (Å²) in [6, 6.07) is 3.13. The number of fused-ring (bicyclic) bond motifs is 1. The Balaban J connectivity index is 1.68. The maximum Gasteiger partial charge on any atom is 0.418 e. The van der Waals surface area contributed by atoms with Crippen LogP contribution in [0.1, 0.15) is 37.7 Å². The Morgan fingerprint density at radius 1 is 1.09 bits per heavy atom. The number of alkyl halides is 3. The Morgan fingerprint density at radius 3 is 2.59 bits per heavy atom. The molecule has 0 unspecified atom stereocenters. The largest absolute Gasteiger partial charge is 0.418 e. The van der Waals surface area contributed by atoms with Crippen LogP contribution in [-0.2, 0) is 11.0 Å². The van der Waals surface area contributed by atoms with E-state index in [1.54, 1.807) is 13.8 Å². The van der Waals surface area contributed by atoms with Gasteiger partial charge in [0.05, 0.1) is 17.1 Å². The van der Waals surface area contributed by atoms with E-state index < -0.39 is 17.8 Å². The van der Waals surface area contributed by atoms with Gasteiger partial charge in [-0.15, -0.1) is 0 Å². The van der Waals surface area contributed by atoms with Crippen molar-refractivity contribution in [3.8, 4) is 5.82 Å². The van der Waals surface area contributed by atoms with Crippen LogP contribution in [0.5, 0.6) is 0 Å². The highest BCUT2D eigenvalue weighted by Crippen LogP contribution is 2.38. The van der Waals surface area contributed by atoms with Crippen LogP contribution in [0.3, 0.4) is 0 Å². The van der Waals surface area contributed by atoms with E-state index in [2.05, 4.69) is 40.7 Å². The summed E-state index contributed by atoms with van der Waals surface area (Å²) in [6.45, 7) is 3.44. The van der Waals surface area contributed by atoms with Crippen molar-refractivity contribution in [2.75, 3.05) is 10.6 Å². The zero-order valence-electron chi connectivity index (χ0n) is 17.8. The van der Waals surface area contributed by atoms with E-state index in [1.165, 1.54) is 29.5 Å². The van der Waals surface area contributed by atoms with Gasteiger partial charge in [0, 0.05) is 22.9 Å². The van der Waals surface area contributed by atoms with E-state index in [0.717, 1.165) is 12.4 Å². The zero-order valence-corrected chi connectivity index (χ0v) is 18.6. The molecule has 0 saturated heterocycles. The van der Waals surface area contributed by atoms with Gasteiger partial charge in [0.2, 0.25) is 5.91 Å². The fourth-order valence-electron chi connectivity index (χ4n) is 3.22. The average molecular weight is 492 g/mol. The highest BCUT2D eigenvalue weighted by molar-refractivity contribution is 6.31. The van der Waals surface area contributed by atoms with Gasteiger partial charge in [0.25, 0.3) is 0 Å². The second-order valence-corrected chi connectivity index (χ2v) is 7.57. The first kappa shape index (κ1) is 23.3. The molecule has 176 valence electrons. The van der Waals surface area contributed by atoms with Gasteiger partial charge in [0.1, 0.15) is 30.6 Å². The third kappa shape index (κ3) is 4.73. The number of hydrogen-bond acceptors (Lipinski definition) is 8. The molecule has 0 spiro atoms. The van der Waals surface area contributed by atoms with Gasteiger partial charge in [-0.2, -0.15) is 23.0 Å². The molecule has 1 aromatic carbocycles. The summed E-state index contributed by atoms with van der Waals surface area (Å²) in [5, 5.41) is 9.86. The highest BCUT2D eigenvalue weighted by Gasteiger charge is 2.34. The molecule has 3 aromatic heterocycles. The van der Waals surface area contributed by atoms with E-state index >= 15 is 0 Å². The predicted octanol–water partition coefficient (Wildman–Crippen LogP) is 4.19. The standard InChI is InChI=1S/C20H17ClF3N9O/c1-3-16(34)32-14-6-15(26-7-25-14)33-19(29-9-30-33)10(2)31-18-12-4-11(21)5-13(20(22,23)24)17(12)27-8-28-18/h4-10H,3H2,1-2H3,(H,27,28,31)(H,25,26,32,34)/t10-/m0/s1. The molecule has 0 radical (unpaired) electrons. The summed E-state index contributed by atoms with van der Waals surface area (Å²) < 4.78 is 41.9. The van der Waals surface area contributed by atoms with Crippen LogP contribution in [0, 0.1) is 0 Å². The van der Waals surface area contributed by atoms with Crippen LogP contribution in [-0.4, -0.2) is 40.6 Å². The minimum absolute atomic E-state index is 0.101. The minimum Gasteiger partial charge on any atom is -0.360 e. The summed E-state index contributed by atoms with van der Waals surface area (Å²) in [5.41, 5.74) is -1.24. The van der Waals surface area contributed by atoms with Crippen LogP contribution in [0.25, 0.3) is 16.7 Å². The van der Waals surface area contributed by atoms with Crippen molar-refractivity contribution in [2.24, 2.45) is 0 Å². The molecule has 14 heteroatoms. The molecule has 0 bridgehead atoms. The molecule has 1 atom stereocenters. The second-order valence-electron chi connectivity index (χ2n) is 7.13. The Morgan fingerprint density at radius 2 is 1.85 bits per heavy atom. The summed E-state index contributed by atoms with van der Waals surface area (Å²) in [5.74, 6) is 0.925. The lowest BCUT2D eigenvalue weighted by atomic mass is 10.1. The topological polar surface area (TPSA) is 123 Å². The first-order valence-electron chi connectivity index (χ1n) is 9.97. The monoisotopic (exact) mass is 491 g/mol. The number of hydrogen-bond donors (Lipinski definition) is 2. The number of carbonyl (C=O) groups is 1. The van der Waals surface area contributed by atoms with E-state index in [9.17, 15) is 18.0 Å². The lowest BCUT2D eigenvalue weighted by molar-refractivity contribution is -0.136. The van der Waals surface area contributed by atoms with Crippen molar-refractivity contribution in [1.82, 2.24) is 34.7 Å². The molecule has 0 saturated carbocycles. The molecule has 3 heterocycles. The maximum atomic E-state index is 13.5. The smallest absolute Gasteiger partial charge is 0.360 e. The van der Waals surface area contributed by atoms with Gasteiger partial charge in [0.15, 0.2) is 11.6 Å². The van der Waals surface area contributed by atoms with Crippen molar-refractivity contribution in [3.63, 3.8) is 0 Å². The molecular weight excluding hydrogens is 475 g/mol. The SMILES string of the molecule is CCC(=O)Nc1cc(-n2ncnc2[C@H](C)Nc2ncnc3c(C(F)(F)F)cc(Cl)cc23)ncn1. The summed E-state index contributed by atoms with van der Waals surface area (Å²) >= 11 is 5.95. The molecule has 10 nitrogen and oxygen atoms in total. The molecule has 0 aliphatic heterocycles. The van der Waals surface area contributed by atoms with E-state index in [0.29, 0.717) is 11.6 Å². The highest BCUT2D eigenvalue weighted by atomic mass is 35.5. The van der Waals surface area contributed by atoms with E-state index in [4.69, 9.17) is 11.6 Å². The van der Waals surface area contributed by atoms with Crippen LogP contribution >= 0.6 is 11.6 Å². The zero-order chi connectivity index (χ0) is 24.5. The number of nitrogens with zero attached hydrogens (tertiary/aromatic N) is 7. The van der Waals surface area contributed by atoms with Crippen molar-refractivity contribution in [2.45, 2.75) is 32.5 Å². The number of amides is 1. The number of carbonyl (C=O) groups excluding carboxylic acids is 1.